The second kappa shape index (κ2) is 8.35. The Morgan fingerprint density at radius 2 is 1.59 bits per heavy atom. The summed E-state index contributed by atoms with van der Waals surface area (Å²) in [5.41, 5.74) is 5.01. The van der Waals surface area contributed by atoms with Crippen LogP contribution in [-0.4, -0.2) is 42.0 Å². The van der Waals surface area contributed by atoms with Gasteiger partial charge in [-0.05, 0) is 55.3 Å². The number of hydrogen-bond acceptors (Lipinski definition) is 4. The number of amides is 1. The number of nitrogens with one attached hydrogen (secondary N) is 1. The molecule has 1 aliphatic heterocycles. The van der Waals surface area contributed by atoms with Gasteiger partial charge in [0.1, 0.15) is 5.82 Å². The number of carbonyl (C=O) groups excluding carboxylic acids is 1. The molecule has 1 aliphatic rings. The molecule has 148 valence electrons. The number of hydrogen-bond donors (Lipinski definition) is 1. The molecule has 1 N–H and O–H groups in total. The van der Waals surface area contributed by atoms with Crippen LogP contribution in [0.1, 0.15) is 21.5 Å². The Morgan fingerprint density at radius 3 is 2.34 bits per heavy atom. The van der Waals surface area contributed by atoms with Crippen molar-refractivity contribution in [1.29, 1.82) is 0 Å². The fraction of sp³-hybridized carbons (Fsp3) is 0.250. The largest absolute Gasteiger partial charge is 0.355 e. The predicted molar refractivity (Wildman–Crippen MR) is 118 cm³/mol. The van der Waals surface area contributed by atoms with Crippen molar-refractivity contribution < 1.29 is 4.79 Å². The summed E-state index contributed by atoms with van der Waals surface area (Å²) in [7, 11) is 0. The zero-order valence-electron chi connectivity index (χ0n) is 16.9. The zero-order chi connectivity index (χ0) is 20.2. The van der Waals surface area contributed by atoms with Gasteiger partial charge in [-0.15, -0.1) is 0 Å². The topological polar surface area (TPSA) is 48.5 Å². The maximum atomic E-state index is 13.3. The molecule has 1 saturated heterocycles. The van der Waals surface area contributed by atoms with Gasteiger partial charge in [-0.2, -0.15) is 0 Å². The number of pyridine rings is 1. The van der Waals surface area contributed by atoms with E-state index in [1.54, 1.807) is 0 Å². The molecule has 0 radical (unpaired) electrons. The number of benzene rings is 2. The average Bonchev–Trinajstić information content (AvgIpc) is 2.77. The third kappa shape index (κ3) is 4.09. The van der Waals surface area contributed by atoms with E-state index in [0.29, 0.717) is 18.7 Å². The molecular weight excluding hydrogens is 360 g/mol. The summed E-state index contributed by atoms with van der Waals surface area (Å²) < 4.78 is 0. The molecule has 0 atom stereocenters. The molecule has 3 aromatic rings. The number of para-hydroxylation sites is 1. The minimum Gasteiger partial charge on any atom is -0.355 e. The van der Waals surface area contributed by atoms with E-state index in [2.05, 4.69) is 41.2 Å². The lowest BCUT2D eigenvalue weighted by Gasteiger charge is -2.35. The molecule has 0 unspecified atom stereocenters. The van der Waals surface area contributed by atoms with Crippen LogP contribution in [0.4, 0.5) is 17.2 Å². The Hall–Kier alpha value is -3.34. The maximum Gasteiger partial charge on any atom is 0.256 e. The second-order valence-corrected chi connectivity index (χ2v) is 7.39. The van der Waals surface area contributed by atoms with Crippen molar-refractivity contribution in [3.63, 3.8) is 0 Å². The van der Waals surface area contributed by atoms with Crippen LogP contribution in [0.15, 0.2) is 66.9 Å². The Kier molecular flexibility index (Phi) is 5.47. The van der Waals surface area contributed by atoms with E-state index in [1.165, 1.54) is 11.1 Å². The molecule has 1 amide bonds. The SMILES string of the molecule is Cc1cccc(Nc2ccccc2C(=O)N2CCN(c3ccccn3)CC2)c1C. The standard InChI is InChI=1S/C24H26N4O/c1-18-8-7-11-21(19(18)2)26-22-10-4-3-9-20(22)24(29)28-16-14-27(15-17-28)23-12-5-6-13-25-23/h3-13,26H,14-17H2,1-2H3. The smallest absolute Gasteiger partial charge is 0.256 e. The van der Waals surface area contributed by atoms with Crippen molar-refractivity contribution in [2.24, 2.45) is 0 Å². The number of anilines is 3. The monoisotopic (exact) mass is 386 g/mol. The van der Waals surface area contributed by atoms with Gasteiger partial charge in [-0.3, -0.25) is 4.79 Å². The molecular formula is C24H26N4O. The van der Waals surface area contributed by atoms with Gasteiger partial charge in [0.2, 0.25) is 0 Å². The van der Waals surface area contributed by atoms with Crippen LogP contribution in [0, 0.1) is 13.8 Å². The van der Waals surface area contributed by atoms with E-state index in [0.717, 1.165) is 30.3 Å². The molecule has 2 heterocycles. The first kappa shape index (κ1) is 19.0. The van der Waals surface area contributed by atoms with Gasteiger partial charge in [-0.1, -0.05) is 30.3 Å². The highest BCUT2D eigenvalue weighted by Crippen LogP contribution is 2.26. The first-order valence-electron chi connectivity index (χ1n) is 10.0. The average molecular weight is 386 g/mol. The summed E-state index contributed by atoms with van der Waals surface area (Å²) in [5, 5.41) is 3.47. The highest BCUT2D eigenvalue weighted by molar-refractivity contribution is 6.00. The lowest BCUT2D eigenvalue weighted by atomic mass is 10.1. The van der Waals surface area contributed by atoms with Gasteiger partial charge in [0.05, 0.1) is 11.3 Å². The molecule has 5 nitrogen and oxygen atoms in total. The fourth-order valence-electron chi connectivity index (χ4n) is 3.66. The number of aryl methyl sites for hydroxylation is 1. The Balaban J connectivity index is 1.49. The van der Waals surface area contributed by atoms with Crippen molar-refractivity contribution in [3.8, 4) is 0 Å². The third-order valence-electron chi connectivity index (χ3n) is 5.57. The van der Waals surface area contributed by atoms with Gasteiger partial charge in [0, 0.05) is 38.1 Å². The summed E-state index contributed by atoms with van der Waals surface area (Å²) in [5.74, 6) is 1.04. The molecule has 1 aromatic heterocycles. The van der Waals surface area contributed by atoms with Crippen molar-refractivity contribution in [1.82, 2.24) is 9.88 Å². The van der Waals surface area contributed by atoms with Crippen LogP contribution < -0.4 is 10.2 Å². The zero-order valence-corrected chi connectivity index (χ0v) is 16.9. The van der Waals surface area contributed by atoms with Gasteiger partial charge >= 0.3 is 0 Å². The van der Waals surface area contributed by atoms with Gasteiger partial charge in [0.15, 0.2) is 0 Å². The molecule has 5 heteroatoms. The number of nitrogens with zero attached hydrogens (tertiary/aromatic N) is 3. The number of aromatic nitrogens is 1. The lowest BCUT2D eigenvalue weighted by Crippen LogP contribution is -2.49. The van der Waals surface area contributed by atoms with Gasteiger partial charge < -0.3 is 15.1 Å². The van der Waals surface area contributed by atoms with Crippen molar-refractivity contribution >= 4 is 23.1 Å². The Morgan fingerprint density at radius 1 is 0.862 bits per heavy atom. The van der Waals surface area contributed by atoms with Gasteiger partial charge in [0.25, 0.3) is 5.91 Å². The van der Waals surface area contributed by atoms with E-state index in [-0.39, 0.29) is 5.91 Å². The molecule has 2 aromatic carbocycles. The number of piperazine rings is 1. The maximum absolute atomic E-state index is 13.3. The molecule has 1 fully saturated rings. The second-order valence-electron chi connectivity index (χ2n) is 7.39. The molecule has 0 bridgehead atoms. The van der Waals surface area contributed by atoms with E-state index >= 15 is 0 Å². The summed E-state index contributed by atoms with van der Waals surface area (Å²) >= 11 is 0. The van der Waals surface area contributed by atoms with Crippen LogP contribution in [0.3, 0.4) is 0 Å². The minimum atomic E-state index is 0.0686. The van der Waals surface area contributed by atoms with Crippen LogP contribution in [0.5, 0.6) is 0 Å². The normalized spacial score (nSPS) is 14.0. The number of rotatable bonds is 4. The van der Waals surface area contributed by atoms with Crippen molar-refractivity contribution in [2.45, 2.75) is 13.8 Å². The molecule has 29 heavy (non-hydrogen) atoms. The molecule has 4 rings (SSSR count). The summed E-state index contributed by atoms with van der Waals surface area (Å²) in [6, 6.07) is 19.9. The fourth-order valence-corrected chi connectivity index (χ4v) is 3.66. The van der Waals surface area contributed by atoms with Gasteiger partial charge in [-0.25, -0.2) is 4.98 Å². The number of carbonyl (C=O) groups is 1. The van der Waals surface area contributed by atoms with E-state index < -0.39 is 0 Å². The lowest BCUT2D eigenvalue weighted by molar-refractivity contribution is 0.0747. The first-order valence-corrected chi connectivity index (χ1v) is 10.0. The highest BCUT2D eigenvalue weighted by Gasteiger charge is 2.24. The molecule has 0 saturated carbocycles. The van der Waals surface area contributed by atoms with Crippen LogP contribution in [0.25, 0.3) is 0 Å². The predicted octanol–water partition coefficient (Wildman–Crippen LogP) is 4.40. The van der Waals surface area contributed by atoms with E-state index in [4.69, 9.17) is 0 Å². The van der Waals surface area contributed by atoms with Crippen molar-refractivity contribution in [2.75, 3.05) is 36.4 Å². The van der Waals surface area contributed by atoms with Crippen LogP contribution >= 0.6 is 0 Å². The molecule has 0 spiro atoms. The summed E-state index contributed by atoms with van der Waals surface area (Å²) in [6.45, 7) is 7.14. The summed E-state index contributed by atoms with van der Waals surface area (Å²) in [6.07, 6.45) is 1.81. The highest BCUT2D eigenvalue weighted by atomic mass is 16.2. The quantitative estimate of drug-likeness (QED) is 0.722. The Bertz CT molecular complexity index is 995. The third-order valence-corrected chi connectivity index (χ3v) is 5.57. The van der Waals surface area contributed by atoms with Crippen LogP contribution in [0.2, 0.25) is 0 Å². The Labute approximate surface area is 172 Å². The van der Waals surface area contributed by atoms with Crippen molar-refractivity contribution in [3.05, 3.63) is 83.6 Å². The van der Waals surface area contributed by atoms with Crippen LogP contribution in [-0.2, 0) is 0 Å². The van der Waals surface area contributed by atoms with E-state index in [9.17, 15) is 4.79 Å². The van der Waals surface area contributed by atoms with E-state index in [1.807, 2.05) is 59.6 Å². The first-order chi connectivity index (χ1) is 14.1. The minimum absolute atomic E-state index is 0.0686. The molecule has 0 aliphatic carbocycles. The summed E-state index contributed by atoms with van der Waals surface area (Å²) in [4.78, 5) is 21.8.